The summed E-state index contributed by atoms with van der Waals surface area (Å²) in [6, 6.07) is 25.3. The topological polar surface area (TPSA) is 95.6 Å². The summed E-state index contributed by atoms with van der Waals surface area (Å²) in [4.78, 5) is 27.0. The van der Waals surface area contributed by atoms with Crippen molar-refractivity contribution >= 4 is 27.8 Å². The van der Waals surface area contributed by atoms with E-state index in [-0.39, 0.29) is 28.3 Å². The molecule has 0 aliphatic carbocycles. The van der Waals surface area contributed by atoms with Crippen LogP contribution in [0.2, 0.25) is 0 Å². The van der Waals surface area contributed by atoms with E-state index in [9.17, 15) is 18.0 Å². The van der Waals surface area contributed by atoms with E-state index in [2.05, 4.69) is 58.9 Å². The van der Waals surface area contributed by atoms with Crippen molar-refractivity contribution in [2.45, 2.75) is 61.9 Å². The van der Waals surface area contributed by atoms with E-state index >= 15 is 0 Å². The number of nitrogens with zero attached hydrogens (tertiary/aromatic N) is 1. The second-order valence-corrected chi connectivity index (χ2v) is 12.5. The molecule has 2 atom stereocenters. The zero-order chi connectivity index (χ0) is 28.8. The minimum Gasteiger partial charge on any atom is -0.353 e. The number of hydrogen-bond donors (Lipinski definition) is 2. The molecule has 1 fully saturated rings. The molecule has 1 saturated heterocycles. The van der Waals surface area contributed by atoms with Crippen molar-refractivity contribution in [3.8, 4) is 0 Å². The number of likely N-dealkylation sites (tertiary alicyclic amines) is 1. The van der Waals surface area contributed by atoms with Crippen LogP contribution in [0.5, 0.6) is 0 Å². The van der Waals surface area contributed by atoms with Gasteiger partial charge in [-0.1, -0.05) is 68.4 Å². The van der Waals surface area contributed by atoms with Gasteiger partial charge >= 0.3 is 0 Å². The number of carbonyl (C=O) groups excluding carboxylic acids is 2. The summed E-state index contributed by atoms with van der Waals surface area (Å²) < 4.78 is 23.6. The molecule has 212 valence electrons. The van der Waals surface area contributed by atoms with Gasteiger partial charge in [-0.05, 0) is 66.6 Å². The number of carbonyl (C=O) groups is 2. The van der Waals surface area contributed by atoms with Gasteiger partial charge in [-0.3, -0.25) is 14.5 Å². The highest BCUT2D eigenvalue weighted by molar-refractivity contribution is 7.90. The standard InChI is InChI=1S/C32H39N3O4S/c1-4-30(24-11-17-29(18-12-24)40(3,38)39)31(37)34-28-19-21-35(22-20-28)32(5-2,25-9-7-6-8-10-25)26-13-15-27(16-14-26)33-23-36/h6-18,23,28,30H,4-5,19-22H2,1-3H3,(H,33,36)(H,34,37). The number of amides is 2. The van der Waals surface area contributed by atoms with Crippen LogP contribution in [0.25, 0.3) is 0 Å². The molecule has 40 heavy (non-hydrogen) atoms. The summed E-state index contributed by atoms with van der Waals surface area (Å²) in [6.07, 6.45) is 5.03. The summed E-state index contributed by atoms with van der Waals surface area (Å²) in [5, 5.41) is 6.00. The molecule has 0 aromatic heterocycles. The third-order valence-electron chi connectivity index (χ3n) is 8.17. The van der Waals surface area contributed by atoms with Crippen molar-refractivity contribution in [1.82, 2.24) is 10.2 Å². The minimum atomic E-state index is -3.28. The molecule has 8 heteroatoms. The van der Waals surface area contributed by atoms with Gasteiger partial charge in [0.05, 0.1) is 16.4 Å². The minimum absolute atomic E-state index is 0.0175. The lowest BCUT2D eigenvalue weighted by molar-refractivity contribution is -0.123. The van der Waals surface area contributed by atoms with E-state index in [1.165, 1.54) is 17.4 Å². The van der Waals surface area contributed by atoms with Crippen LogP contribution in [0.1, 0.15) is 62.1 Å². The molecule has 3 aromatic carbocycles. The average Bonchev–Trinajstić information content (AvgIpc) is 2.96. The molecule has 2 unspecified atom stereocenters. The zero-order valence-corrected chi connectivity index (χ0v) is 24.3. The van der Waals surface area contributed by atoms with Crippen molar-refractivity contribution in [3.63, 3.8) is 0 Å². The Balaban J connectivity index is 1.50. The molecule has 0 bridgehead atoms. The number of piperidine rings is 1. The Kier molecular flexibility index (Phi) is 9.43. The van der Waals surface area contributed by atoms with Crippen molar-refractivity contribution in [2.24, 2.45) is 0 Å². The number of hydrogen-bond acceptors (Lipinski definition) is 5. The molecule has 3 aromatic rings. The van der Waals surface area contributed by atoms with E-state index in [0.717, 1.165) is 43.6 Å². The van der Waals surface area contributed by atoms with Gasteiger partial charge < -0.3 is 10.6 Å². The number of nitrogens with one attached hydrogen (secondary N) is 2. The fraction of sp³-hybridized carbons (Fsp3) is 0.375. The molecule has 7 nitrogen and oxygen atoms in total. The fourth-order valence-electron chi connectivity index (χ4n) is 6.01. The highest BCUT2D eigenvalue weighted by Gasteiger charge is 2.40. The quantitative estimate of drug-likeness (QED) is 0.318. The maximum atomic E-state index is 13.3. The lowest BCUT2D eigenvalue weighted by atomic mass is 9.77. The van der Waals surface area contributed by atoms with Crippen molar-refractivity contribution in [1.29, 1.82) is 0 Å². The van der Waals surface area contributed by atoms with Crippen LogP contribution in [0.15, 0.2) is 83.8 Å². The predicted octanol–water partition coefficient (Wildman–Crippen LogP) is 5.09. The van der Waals surface area contributed by atoms with E-state index in [0.29, 0.717) is 12.8 Å². The lowest BCUT2D eigenvalue weighted by Crippen LogP contribution is -2.53. The Hall–Kier alpha value is -3.49. The van der Waals surface area contributed by atoms with Gasteiger partial charge in [-0.15, -0.1) is 0 Å². The van der Waals surface area contributed by atoms with Gasteiger partial charge in [0.15, 0.2) is 9.84 Å². The maximum absolute atomic E-state index is 13.3. The summed E-state index contributed by atoms with van der Waals surface area (Å²) in [5.74, 6) is -0.347. The number of benzene rings is 3. The molecule has 0 spiro atoms. The van der Waals surface area contributed by atoms with Crippen molar-refractivity contribution in [2.75, 3.05) is 24.7 Å². The van der Waals surface area contributed by atoms with Crippen molar-refractivity contribution in [3.05, 3.63) is 95.6 Å². The van der Waals surface area contributed by atoms with Crippen LogP contribution in [0.3, 0.4) is 0 Å². The first-order valence-corrected chi connectivity index (χ1v) is 15.8. The smallest absolute Gasteiger partial charge is 0.227 e. The Labute approximate surface area is 237 Å². The second kappa shape index (κ2) is 12.8. The Morgan fingerprint density at radius 3 is 2.08 bits per heavy atom. The Morgan fingerprint density at radius 2 is 1.55 bits per heavy atom. The third kappa shape index (κ3) is 6.29. The van der Waals surface area contributed by atoms with Crippen LogP contribution in [-0.2, 0) is 25.0 Å². The van der Waals surface area contributed by atoms with Gasteiger partial charge in [-0.25, -0.2) is 8.42 Å². The van der Waals surface area contributed by atoms with Gasteiger partial charge in [0.25, 0.3) is 0 Å². The highest BCUT2D eigenvalue weighted by Crippen LogP contribution is 2.41. The van der Waals surface area contributed by atoms with Crippen LogP contribution in [0.4, 0.5) is 5.69 Å². The zero-order valence-electron chi connectivity index (χ0n) is 23.5. The molecular weight excluding hydrogens is 522 g/mol. The summed E-state index contributed by atoms with van der Waals surface area (Å²) in [7, 11) is -3.28. The van der Waals surface area contributed by atoms with Gasteiger partial charge in [0, 0.05) is 31.1 Å². The SMILES string of the molecule is CCC(C(=O)NC1CCN(C(CC)(c2ccccc2)c2ccc(NC=O)cc2)CC1)c1ccc(S(C)(=O)=O)cc1. The molecule has 0 saturated carbocycles. The summed E-state index contributed by atoms with van der Waals surface area (Å²) in [6.45, 7) is 5.83. The van der Waals surface area contributed by atoms with E-state index < -0.39 is 9.84 Å². The van der Waals surface area contributed by atoms with Crippen LogP contribution < -0.4 is 10.6 Å². The Bertz CT molecular complexity index is 1380. The second-order valence-electron chi connectivity index (χ2n) is 10.5. The molecule has 1 aliphatic heterocycles. The van der Waals surface area contributed by atoms with Crippen molar-refractivity contribution < 1.29 is 18.0 Å². The Morgan fingerprint density at radius 1 is 0.950 bits per heavy atom. The van der Waals surface area contributed by atoms with E-state index in [1.807, 2.05) is 25.1 Å². The summed E-state index contributed by atoms with van der Waals surface area (Å²) >= 11 is 0. The maximum Gasteiger partial charge on any atom is 0.227 e. The van der Waals surface area contributed by atoms with Gasteiger partial charge in [-0.2, -0.15) is 0 Å². The first-order chi connectivity index (χ1) is 19.2. The van der Waals surface area contributed by atoms with Gasteiger partial charge in [0.2, 0.25) is 12.3 Å². The van der Waals surface area contributed by atoms with Crippen LogP contribution in [-0.4, -0.2) is 51.0 Å². The highest BCUT2D eigenvalue weighted by atomic mass is 32.2. The van der Waals surface area contributed by atoms with E-state index in [4.69, 9.17) is 0 Å². The summed E-state index contributed by atoms with van der Waals surface area (Å²) in [5.41, 5.74) is 3.65. The average molecular weight is 562 g/mol. The first kappa shape index (κ1) is 29.5. The van der Waals surface area contributed by atoms with Gasteiger partial charge in [0.1, 0.15) is 0 Å². The fourth-order valence-corrected chi connectivity index (χ4v) is 6.65. The molecule has 4 rings (SSSR count). The monoisotopic (exact) mass is 561 g/mol. The normalized spacial score (nSPS) is 17.0. The van der Waals surface area contributed by atoms with E-state index in [1.54, 1.807) is 24.3 Å². The number of rotatable bonds is 11. The molecule has 2 amide bonds. The molecule has 1 aliphatic rings. The molecule has 2 N–H and O–H groups in total. The molecule has 1 heterocycles. The first-order valence-electron chi connectivity index (χ1n) is 13.9. The number of anilines is 1. The van der Waals surface area contributed by atoms with Crippen LogP contribution in [0, 0.1) is 0 Å². The number of sulfone groups is 1. The molecule has 0 radical (unpaired) electrons. The van der Waals surface area contributed by atoms with Crippen LogP contribution >= 0.6 is 0 Å². The lowest BCUT2D eigenvalue weighted by Gasteiger charge is -2.48. The predicted molar refractivity (Wildman–Crippen MR) is 159 cm³/mol. The molecular formula is C32H39N3O4S. The third-order valence-corrected chi connectivity index (χ3v) is 9.30. The largest absolute Gasteiger partial charge is 0.353 e.